The van der Waals surface area contributed by atoms with Crippen LogP contribution in [-0.2, 0) is 24.1 Å². The van der Waals surface area contributed by atoms with Crippen LogP contribution in [0, 0.1) is 11.3 Å². The molecule has 59 heavy (non-hydrogen) atoms. The Bertz CT molecular complexity index is 2460. The van der Waals surface area contributed by atoms with Gasteiger partial charge in [0.15, 0.2) is 26.1 Å². The number of aromatic nitrogens is 4. The molecule has 308 valence electrons. The number of amides is 1. The van der Waals surface area contributed by atoms with Gasteiger partial charge in [-0.1, -0.05) is 77.9 Å². The molecule has 0 unspecified atom stereocenters. The van der Waals surface area contributed by atoms with Crippen molar-refractivity contribution < 1.29 is 37.8 Å². The maximum Gasteiger partial charge on any atom is 0.344 e. The Balaban J connectivity index is 1.19. The smallest absolute Gasteiger partial charge is 0.344 e. The average molecular weight is 821 g/mol. The van der Waals surface area contributed by atoms with Gasteiger partial charge < -0.3 is 23.4 Å². The number of rotatable bonds is 12. The summed E-state index contributed by atoms with van der Waals surface area (Å²) in [6.45, 7) is 16.3. The van der Waals surface area contributed by atoms with Gasteiger partial charge in [0.1, 0.15) is 36.5 Å². The van der Waals surface area contributed by atoms with E-state index < -0.39 is 50.2 Å². The molecule has 3 aromatic carbocycles. The van der Waals surface area contributed by atoms with Crippen LogP contribution in [0.4, 0.5) is 5.95 Å². The van der Waals surface area contributed by atoms with Crippen LogP contribution in [0.5, 0.6) is 11.5 Å². The van der Waals surface area contributed by atoms with E-state index in [0.717, 1.165) is 5.56 Å². The number of H-pyrrole nitrogens is 1. The van der Waals surface area contributed by atoms with Crippen molar-refractivity contribution in [2.45, 2.75) is 89.9 Å². The van der Waals surface area contributed by atoms with Crippen molar-refractivity contribution >= 4 is 43.3 Å². The number of nitriles is 1. The third-order valence-electron chi connectivity index (χ3n) is 10.5. The number of hydrogen-bond donors (Lipinski definition) is 2. The molecule has 1 aliphatic heterocycles. The highest BCUT2D eigenvalue weighted by atomic mass is 28.4. The highest BCUT2D eigenvalue weighted by molar-refractivity contribution is 6.74. The highest BCUT2D eigenvalue weighted by Crippen LogP contribution is 2.41. The third kappa shape index (κ3) is 9.77. The van der Waals surface area contributed by atoms with Crippen LogP contribution in [0.3, 0.4) is 0 Å². The predicted molar refractivity (Wildman–Crippen MR) is 221 cm³/mol. The topological polar surface area (TPSA) is 197 Å². The normalized spacial score (nSPS) is 17.0. The molecular formula is C43H48N6O9Si. The van der Waals surface area contributed by atoms with Crippen LogP contribution < -0.4 is 20.3 Å². The Labute approximate surface area is 342 Å². The third-order valence-corrected chi connectivity index (χ3v) is 15.0. The minimum Gasteiger partial charge on any atom is -0.484 e. The SMILES string of the molecule is CC(C)(C)c1ccc(OCC(=O)Nc2nc3c(ncn3[C@H]3C[C@H](O[Si](C)(C)C(C)(C)C)[C@@H](COC(=O)c4ccccc4C(=O)Oc4ccccc4C#N)O3)c(=O)[nH]2)cc1. The summed E-state index contributed by atoms with van der Waals surface area (Å²) in [4.78, 5) is 64.2. The number of nitrogens with zero attached hydrogens (tertiary/aromatic N) is 4. The molecule has 2 aromatic heterocycles. The molecule has 0 saturated carbocycles. The van der Waals surface area contributed by atoms with Crippen LogP contribution in [0.15, 0.2) is 83.9 Å². The van der Waals surface area contributed by atoms with Gasteiger partial charge >= 0.3 is 11.9 Å². The van der Waals surface area contributed by atoms with Crippen molar-refractivity contribution in [3.05, 3.63) is 112 Å². The van der Waals surface area contributed by atoms with Gasteiger partial charge in [0.05, 0.1) is 29.1 Å². The monoisotopic (exact) mass is 820 g/mol. The van der Waals surface area contributed by atoms with Crippen molar-refractivity contribution in [2.24, 2.45) is 0 Å². The Morgan fingerprint density at radius 1 is 0.966 bits per heavy atom. The van der Waals surface area contributed by atoms with E-state index in [1.54, 1.807) is 41.0 Å². The van der Waals surface area contributed by atoms with E-state index in [9.17, 15) is 24.4 Å². The first-order valence-electron chi connectivity index (χ1n) is 19.2. The van der Waals surface area contributed by atoms with Crippen LogP contribution in [0.2, 0.25) is 18.1 Å². The van der Waals surface area contributed by atoms with Crippen molar-refractivity contribution in [3.63, 3.8) is 0 Å². The molecular weight excluding hydrogens is 773 g/mol. The van der Waals surface area contributed by atoms with Gasteiger partial charge in [0.2, 0.25) is 5.95 Å². The van der Waals surface area contributed by atoms with Gasteiger partial charge in [-0.15, -0.1) is 0 Å². The number of carbonyl (C=O) groups is 3. The number of esters is 2. The van der Waals surface area contributed by atoms with Crippen molar-refractivity contribution in [1.82, 2.24) is 19.5 Å². The van der Waals surface area contributed by atoms with E-state index in [-0.39, 0.29) is 63.2 Å². The van der Waals surface area contributed by atoms with Gasteiger partial charge in [-0.3, -0.25) is 24.5 Å². The number of ether oxygens (including phenoxy) is 4. The minimum absolute atomic E-state index is 0.0272. The summed E-state index contributed by atoms with van der Waals surface area (Å²) in [6.07, 6.45) is -0.354. The summed E-state index contributed by atoms with van der Waals surface area (Å²) in [6, 6.07) is 21.8. The van der Waals surface area contributed by atoms with Crippen molar-refractivity contribution in [2.75, 3.05) is 18.5 Å². The summed E-state index contributed by atoms with van der Waals surface area (Å²) in [7, 11) is -2.41. The Morgan fingerprint density at radius 3 is 2.29 bits per heavy atom. The molecule has 15 nitrogen and oxygen atoms in total. The molecule has 0 bridgehead atoms. The van der Waals surface area contributed by atoms with E-state index in [1.807, 2.05) is 18.2 Å². The number of fused-ring (bicyclic) bond motifs is 1. The fraction of sp³-hybridized carbons (Fsp3) is 0.372. The van der Waals surface area contributed by atoms with Gasteiger partial charge in [-0.2, -0.15) is 10.2 Å². The lowest BCUT2D eigenvalue weighted by Gasteiger charge is -2.39. The largest absolute Gasteiger partial charge is 0.484 e. The first-order valence-corrected chi connectivity index (χ1v) is 22.1. The number of imidazole rings is 1. The number of anilines is 1. The first kappa shape index (κ1) is 42.5. The lowest BCUT2D eigenvalue weighted by Crippen LogP contribution is -2.46. The highest BCUT2D eigenvalue weighted by Gasteiger charge is 2.46. The predicted octanol–water partition coefficient (Wildman–Crippen LogP) is 7.06. The summed E-state index contributed by atoms with van der Waals surface area (Å²) in [5, 5.41) is 11.9. The maximum absolute atomic E-state index is 13.6. The lowest BCUT2D eigenvalue weighted by atomic mass is 9.87. The molecule has 1 amide bonds. The number of para-hydroxylation sites is 1. The number of nitrogens with one attached hydrogen (secondary N) is 2. The second kappa shape index (κ2) is 17.0. The second-order valence-electron chi connectivity index (χ2n) is 16.8. The number of aromatic amines is 1. The zero-order valence-corrected chi connectivity index (χ0v) is 35.3. The molecule has 0 aliphatic carbocycles. The standard InChI is InChI=1S/C43H48N6O9Si/c1-42(2,3)27-17-19-28(20-18-27)54-24-34(50)46-41-47-37-36(38(51)48-41)45-25-49(37)35-21-32(58-59(7,8)43(4,5)6)33(56-35)23-55-39(52)29-14-10-11-15-30(29)40(53)57-31-16-12-9-13-26(31)22-44/h9-20,25,32-33,35H,21,23-24H2,1-8H3,(H2,46,47,48,50,51)/t32-,33+,35+/m0/s1. The molecule has 1 aliphatic rings. The molecule has 5 aromatic rings. The fourth-order valence-electron chi connectivity index (χ4n) is 6.14. The molecule has 3 atom stereocenters. The lowest BCUT2D eigenvalue weighted by molar-refractivity contribution is -0.118. The summed E-state index contributed by atoms with van der Waals surface area (Å²) in [5.74, 6) is -1.70. The maximum atomic E-state index is 13.6. The van der Waals surface area contributed by atoms with Gasteiger partial charge in [0, 0.05) is 6.42 Å². The van der Waals surface area contributed by atoms with Gasteiger partial charge in [-0.05, 0) is 65.5 Å². The average Bonchev–Trinajstić information content (AvgIpc) is 3.79. The molecule has 3 heterocycles. The number of carbonyl (C=O) groups excluding carboxylic acids is 3. The molecule has 16 heteroatoms. The molecule has 0 radical (unpaired) electrons. The summed E-state index contributed by atoms with van der Waals surface area (Å²) < 4.78 is 31.9. The van der Waals surface area contributed by atoms with Crippen LogP contribution in [0.25, 0.3) is 11.2 Å². The number of benzene rings is 3. The molecule has 1 saturated heterocycles. The molecule has 0 spiro atoms. The second-order valence-corrected chi connectivity index (χ2v) is 21.5. The van der Waals surface area contributed by atoms with Crippen molar-refractivity contribution in [1.29, 1.82) is 5.26 Å². The van der Waals surface area contributed by atoms with Crippen LogP contribution in [-0.4, -0.2) is 71.1 Å². The summed E-state index contributed by atoms with van der Waals surface area (Å²) in [5.41, 5.74) is 0.778. The summed E-state index contributed by atoms with van der Waals surface area (Å²) >= 11 is 0. The first-order chi connectivity index (χ1) is 27.8. The number of hydrogen-bond acceptors (Lipinski definition) is 12. The Morgan fingerprint density at radius 2 is 1.63 bits per heavy atom. The van der Waals surface area contributed by atoms with Gasteiger partial charge in [0.25, 0.3) is 11.5 Å². The zero-order chi connectivity index (χ0) is 42.7. The molecule has 6 rings (SSSR count). The van der Waals surface area contributed by atoms with Crippen LogP contribution >= 0.6 is 0 Å². The Kier molecular flexibility index (Phi) is 12.2. The van der Waals surface area contributed by atoms with E-state index in [4.69, 9.17) is 23.4 Å². The van der Waals surface area contributed by atoms with E-state index in [2.05, 4.69) is 74.9 Å². The minimum atomic E-state index is -2.41. The van der Waals surface area contributed by atoms with E-state index in [0.29, 0.717) is 12.2 Å². The van der Waals surface area contributed by atoms with Gasteiger partial charge in [-0.25, -0.2) is 14.6 Å². The van der Waals surface area contributed by atoms with Crippen LogP contribution in [0.1, 0.15) is 86.0 Å². The quantitative estimate of drug-likeness (QED) is 0.0740. The van der Waals surface area contributed by atoms with E-state index in [1.165, 1.54) is 30.6 Å². The zero-order valence-electron chi connectivity index (χ0n) is 34.3. The Hall–Kier alpha value is -6.15. The van der Waals surface area contributed by atoms with E-state index >= 15 is 0 Å². The fourth-order valence-corrected chi connectivity index (χ4v) is 7.50. The van der Waals surface area contributed by atoms with Crippen molar-refractivity contribution in [3.8, 4) is 17.6 Å². The molecule has 2 N–H and O–H groups in total. The molecule has 1 fully saturated rings.